The van der Waals surface area contributed by atoms with Crippen LogP contribution in [0.3, 0.4) is 0 Å². The molecule has 0 atom stereocenters. The lowest BCUT2D eigenvalue weighted by atomic mass is 9.62. The molecule has 0 saturated heterocycles. The van der Waals surface area contributed by atoms with Crippen molar-refractivity contribution in [2.45, 2.75) is 37.5 Å². The van der Waals surface area contributed by atoms with E-state index in [9.17, 15) is 13.2 Å². The summed E-state index contributed by atoms with van der Waals surface area (Å²) < 4.78 is 43.4. The van der Waals surface area contributed by atoms with Crippen LogP contribution in [0.15, 0.2) is 35.0 Å². The molecule has 2 aromatic heterocycles. The van der Waals surface area contributed by atoms with Crippen molar-refractivity contribution in [3.05, 3.63) is 58.7 Å². The van der Waals surface area contributed by atoms with Crippen molar-refractivity contribution < 1.29 is 17.6 Å². The molecule has 1 aromatic carbocycles. The molecule has 2 heterocycles. The van der Waals surface area contributed by atoms with Crippen LogP contribution in [0.2, 0.25) is 5.02 Å². The quantitative estimate of drug-likeness (QED) is 0.614. The highest BCUT2D eigenvalue weighted by atomic mass is 35.5. The average Bonchev–Trinajstić information content (AvgIpc) is 3.10. The van der Waals surface area contributed by atoms with E-state index in [-0.39, 0.29) is 17.1 Å². The van der Waals surface area contributed by atoms with Crippen LogP contribution >= 0.6 is 11.6 Å². The lowest BCUT2D eigenvalue weighted by molar-refractivity contribution is 0.116. The van der Waals surface area contributed by atoms with E-state index < -0.39 is 12.3 Å². The van der Waals surface area contributed by atoms with Gasteiger partial charge in [-0.05, 0) is 30.5 Å². The lowest BCUT2D eigenvalue weighted by Crippen LogP contribution is -2.37. The van der Waals surface area contributed by atoms with Crippen molar-refractivity contribution >= 4 is 11.6 Å². The van der Waals surface area contributed by atoms with Gasteiger partial charge >= 0.3 is 6.43 Å². The molecule has 0 spiro atoms. The van der Waals surface area contributed by atoms with E-state index in [0.717, 1.165) is 24.8 Å². The molecule has 1 aliphatic rings. The van der Waals surface area contributed by atoms with Gasteiger partial charge in [-0.3, -0.25) is 0 Å². The van der Waals surface area contributed by atoms with Crippen LogP contribution in [0.25, 0.3) is 11.5 Å². The molecular formula is C18H14ClF3N4O. The Bertz CT molecular complexity index is 957. The number of hydrogen-bond acceptors (Lipinski definition) is 5. The summed E-state index contributed by atoms with van der Waals surface area (Å²) in [4.78, 5) is 8.61. The third kappa shape index (κ3) is 3.41. The molecule has 27 heavy (non-hydrogen) atoms. The van der Waals surface area contributed by atoms with Crippen molar-refractivity contribution in [2.75, 3.05) is 0 Å². The smallest absolute Gasteiger partial charge is 0.314 e. The maximum absolute atomic E-state index is 13.4. The summed E-state index contributed by atoms with van der Waals surface area (Å²) in [6.45, 7) is 0. The van der Waals surface area contributed by atoms with Gasteiger partial charge in [-0.2, -0.15) is 8.78 Å². The fourth-order valence-corrected chi connectivity index (χ4v) is 3.73. The molecule has 0 aliphatic heterocycles. The highest BCUT2D eigenvalue weighted by molar-refractivity contribution is 6.31. The minimum atomic E-state index is -2.83. The zero-order chi connectivity index (χ0) is 19.0. The second kappa shape index (κ2) is 6.92. The SMILES string of the molecule is Fc1ccc(C2(Cc3ncc(-c4nnc(C(F)F)o4)cn3)CCC2)c(Cl)c1. The van der Waals surface area contributed by atoms with E-state index in [1.54, 1.807) is 6.07 Å². The Morgan fingerprint density at radius 1 is 1.15 bits per heavy atom. The first kappa shape index (κ1) is 17.9. The van der Waals surface area contributed by atoms with Gasteiger partial charge in [-0.15, -0.1) is 10.2 Å². The summed E-state index contributed by atoms with van der Waals surface area (Å²) >= 11 is 6.26. The van der Waals surface area contributed by atoms with E-state index in [2.05, 4.69) is 20.2 Å². The van der Waals surface area contributed by atoms with Crippen molar-refractivity contribution in [2.24, 2.45) is 0 Å². The summed E-state index contributed by atoms with van der Waals surface area (Å²) in [6, 6.07) is 4.44. The normalized spacial score (nSPS) is 15.7. The molecule has 0 unspecified atom stereocenters. The second-order valence-corrected chi connectivity index (χ2v) is 6.98. The van der Waals surface area contributed by atoms with Gasteiger partial charge in [-0.1, -0.05) is 24.1 Å². The first-order valence-electron chi connectivity index (χ1n) is 8.35. The zero-order valence-electron chi connectivity index (χ0n) is 14.0. The summed E-state index contributed by atoms with van der Waals surface area (Å²) in [5, 5.41) is 7.26. The number of nitrogens with zero attached hydrogens (tertiary/aromatic N) is 4. The monoisotopic (exact) mass is 394 g/mol. The molecular weight excluding hydrogens is 381 g/mol. The van der Waals surface area contributed by atoms with Crippen LogP contribution in [0.5, 0.6) is 0 Å². The molecule has 1 saturated carbocycles. The molecule has 0 amide bonds. The van der Waals surface area contributed by atoms with Crippen LogP contribution in [0.1, 0.15) is 43.0 Å². The predicted octanol–water partition coefficient (Wildman–Crippen LogP) is 4.92. The Kier molecular flexibility index (Phi) is 4.59. The van der Waals surface area contributed by atoms with Gasteiger partial charge in [0, 0.05) is 29.3 Å². The van der Waals surface area contributed by atoms with Crippen molar-refractivity contribution in [3.63, 3.8) is 0 Å². The molecule has 9 heteroatoms. The van der Waals surface area contributed by atoms with Crippen molar-refractivity contribution in [1.82, 2.24) is 20.2 Å². The first-order chi connectivity index (χ1) is 13.0. The number of hydrogen-bond donors (Lipinski definition) is 0. The lowest BCUT2D eigenvalue weighted by Gasteiger charge is -2.42. The highest BCUT2D eigenvalue weighted by Crippen LogP contribution is 2.48. The van der Waals surface area contributed by atoms with Crippen molar-refractivity contribution in [3.8, 4) is 11.5 Å². The molecule has 4 rings (SSSR count). The second-order valence-electron chi connectivity index (χ2n) is 6.57. The highest BCUT2D eigenvalue weighted by Gasteiger charge is 2.41. The van der Waals surface area contributed by atoms with Gasteiger partial charge < -0.3 is 4.42 Å². The Morgan fingerprint density at radius 3 is 2.44 bits per heavy atom. The number of aromatic nitrogens is 4. The Labute approximate surface area is 157 Å². The number of benzene rings is 1. The minimum Gasteiger partial charge on any atom is -0.415 e. The molecule has 1 aliphatic carbocycles. The fraction of sp³-hybridized carbons (Fsp3) is 0.333. The van der Waals surface area contributed by atoms with Gasteiger partial charge in [0.25, 0.3) is 11.8 Å². The predicted molar refractivity (Wildman–Crippen MR) is 90.9 cm³/mol. The topological polar surface area (TPSA) is 64.7 Å². The molecule has 1 fully saturated rings. The largest absolute Gasteiger partial charge is 0.415 e. The van der Waals surface area contributed by atoms with Crippen LogP contribution < -0.4 is 0 Å². The summed E-state index contributed by atoms with van der Waals surface area (Å²) in [5.74, 6) is -0.598. The maximum atomic E-state index is 13.4. The van der Waals surface area contributed by atoms with E-state index in [1.807, 2.05) is 0 Å². The molecule has 5 nitrogen and oxygen atoms in total. The standard InChI is InChI=1S/C18H14ClF3N4O/c19-13-6-11(20)2-3-12(13)18(4-1-5-18)7-14-23-8-10(9-24-14)16-25-26-17(27-16)15(21)22/h2-3,6,8-9,15H,1,4-5,7H2. The first-order valence-corrected chi connectivity index (χ1v) is 8.73. The molecule has 140 valence electrons. The Morgan fingerprint density at radius 2 is 1.89 bits per heavy atom. The third-order valence-electron chi connectivity index (χ3n) is 4.89. The molecule has 3 aromatic rings. The van der Waals surface area contributed by atoms with Gasteiger partial charge in [-0.25, -0.2) is 14.4 Å². The third-order valence-corrected chi connectivity index (χ3v) is 5.20. The van der Waals surface area contributed by atoms with E-state index >= 15 is 0 Å². The molecule has 0 N–H and O–H groups in total. The number of rotatable bonds is 5. The number of halogens is 4. The fourth-order valence-electron chi connectivity index (χ4n) is 3.36. The van der Waals surface area contributed by atoms with Gasteiger partial charge in [0.2, 0.25) is 0 Å². The minimum absolute atomic E-state index is 0.0585. The van der Waals surface area contributed by atoms with Gasteiger partial charge in [0.1, 0.15) is 11.6 Å². The van der Waals surface area contributed by atoms with Crippen LogP contribution in [0.4, 0.5) is 13.2 Å². The van der Waals surface area contributed by atoms with E-state index in [1.165, 1.54) is 24.5 Å². The molecule has 0 radical (unpaired) electrons. The van der Waals surface area contributed by atoms with E-state index in [0.29, 0.717) is 22.8 Å². The van der Waals surface area contributed by atoms with Gasteiger partial charge in [0.05, 0.1) is 5.56 Å². The van der Waals surface area contributed by atoms with Crippen molar-refractivity contribution in [1.29, 1.82) is 0 Å². The van der Waals surface area contributed by atoms with Gasteiger partial charge in [0.15, 0.2) is 0 Å². The van der Waals surface area contributed by atoms with Crippen LogP contribution in [-0.4, -0.2) is 20.2 Å². The van der Waals surface area contributed by atoms with Crippen LogP contribution in [-0.2, 0) is 11.8 Å². The zero-order valence-corrected chi connectivity index (χ0v) is 14.8. The summed E-state index contributed by atoms with van der Waals surface area (Å²) in [6.07, 6.45) is 3.50. The average molecular weight is 395 g/mol. The summed E-state index contributed by atoms with van der Waals surface area (Å²) in [5.41, 5.74) is 1.03. The maximum Gasteiger partial charge on any atom is 0.314 e. The number of alkyl halides is 2. The Balaban J connectivity index is 1.56. The summed E-state index contributed by atoms with van der Waals surface area (Å²) in [7, 11) is 0. The Hall–Kier alpha value is -2.48. The van der Waals surface area contributed by atoms with E-state index in [4.69, 9.17) is 16.0 Å². The molecule has 0 bridgehead atoms. The van der Waals surface area contributed by atoms with Crippen LogP contribution in [0, 0.1) is 5.82 Å².